The van der Waals surface area contributed by atoms with E-state index in [1.165, 1.54) is 50.2 Å². The lowest BCUT2D eigenvalue weighted by Crippen LogP contribution is -2.36. The molecule has 2 aliphatic heterocycles. The van der Waals surface area contributed by atoms with Gasteiger partial charge in [0.2, 0.25) is 0 Å². The summed E-state index contributed by atoms with van der Waals surface area (Å²) in [6.45, 7) is 2.22. The Labute approximate surface area is 91.2 Å². The van der Waals surface area contributed by atoms with Crippen LogP contribution in [0.4, 0.5) is 0 Å². The normalized spacial score (nSPS) is 33.4. The van der Waals surface area contributed by atoms with Gasteiger partial charge in [0.05, 0.1) is 6.10 Å². The fraction of sp³-hybridized carbons (Fsp3) is 1.00. The van der Waals surface area contributed by atoms with E-state index in [1.807, 2.05) is 0 Å². The van der Waals surface area contributed by atoms with Gasteiger partial charge >= 0.3 is 0 Å². The van der Waals surface area contributed by atoms with Gasteiger partial charge in [0.1, 0.15) is 0 Å². The minimum atomic E-state index is 0.559. The van der Waals surface area contributed by atoms with Gasteiger partial charge in [-0.2, -0.15) is 11.8 Å². The molecule has 0 spiro atoms. The van der Waals surface area contributed by atoms with Crippen molar-refractivity contribution in [1.29, 1.82) is 0 Å². The molecule has 2 aliphatic rings. The van der Waals surface area contributed by atoms with E-state index in [-0.39, 0.29) is 0 Å². The summed E-state index contributed by atoms with van der Waals surface area (Å²) in [5.41, 5.74) is 0. The summed E-state index contributed by atoms with van der Waals surface area (Å²) in [5, 5.41) is 3.58. The third kappa shape index (κ3) is 3.44. The maximum absolute atomic E-state index is 5.60. The second kappa shape index (κ2) is 5.99. The molecule has 2 atom stereocenters. The molecule has 0 amide bonds. The Morgan fingerprint density at radius 1 is 1.14 bits per heavy atom. The Kier molecular flexibility index (Phi) is 4.61. The van der Waals surface area contributed by atoms with Gasteiger partial charge in [0, 0.05) is 24.2 Å². The highest BCUT2D eigenvalue weighted by Crippen LogP contribution is 2.19. The molecule has 0 radical (unpaired) electrons. The van der Waals surface area contributed by atoms with Crippen LogP contribution in [0.3, 0.4) is 0 Å². The van der Waals surface area contributed by atoms with Crippen molar-refractivity contribution in [2.75, 3.05) is 24.7 Å². The van der Waals surface area contributed by atoms with Crippen LogP contribution in [0.15, 0.2) is 0 Å². The van der Waals surface area contributed by atoms with Gasteiger partial charge in [-0.1, -0.05) is 6.42 Å². The van der Waals surface area contributed by atoms with Crippen molar-refractivity contribution < 1.29 is 4.74 Å². The average molecular weight is 215 g/mol. The third-order valence-corrected chi connectivity index (χ3v) is 4.30. The summed E-state index contributed by atoms with van der Waals surface area (Å²) in [6, 6.07) is 0.773. The van der Waals surface area contributed by atoms with Gasteiger partial charge in [-0.15, -0.1) is 0 Å². The first kappa shape index (κ1) is 10.8. The second-order valence-corrected chi connectivity index (χ2v) is 5.39. The van der Waals surface area contributed by atoms with Crippen molar-refractivity contribution in [2.45, 2.75) is 44.2 Å². The molecule has 0 aromatic rings. The number of nitrogens with one attached hydrogen (secondary N) is 1. The zero-order chi connectivity index (χ0) is 9.64. The quantitative estimate of drug-likeness (QED) is 0.775. The Bertz CT molecular complexity index is 153. The molecule has 2 saturated heterocycles. The first-order chi connectivity index (χ1) is 6.95. The van der Waals surface area contributed by atoms with Crippen LogP contribution in [0.5, 0.6) is 0 Å². The van der Waals surface area contributed by atoms with Gasteiger partial charge in [-0.25, -0.2) is 0 Å². The Balaban J connectivity index is 1.52. The molecule has 0 aliphatic carbocycles. The average Bonchev–Trinajstić information content (AvgIpc) is 2.72. The Morgan fingerprint density at radius 2 is 2.14 bits per heavy atom. The van der Waals surface area contributed by atoms with Crippen LogP contribution in [0.1, 0.15) is 32.1 Å². The molecule has 14 heavy (non-hydrogen) atoms. The smallest absolute Gasteiger partial charge is 0.0666 e. The van der Waals surface area contributed by atoms with E-state index in [9.17, 15) is 0 Å². The van der Waals surface area contributed by atoms with Crippen molar-refractivity contribution in [3.8, 4) is 0 Å². The van der Waals surface area contributed by atoms with Crippen molar-refractivity contribution in [3.63, 3.8) is 0 Å². The lowest BCUT2D eigenvalue weighted by Gasteiger charge is -2.23. The first-order valence-electron chi connectivity index (χ1n) is 5.88. The fourth-order valence-electron chi connectivity index (χ4n) is 2.18. The molecule has 82 valence electrons. The highest BCUT2D eigenvalue weighted by molar-refractivity contribution is 7.99. The molecule has 2 rings (SSSR count). The molecule has 2 fully saturated rings. The van der Waals surface area contributed by atoms with E-state index >= 15 is 0 Å². The van der Waals surface area contributed by atoms with Gasteiger partial charge in [-0.3, -0.25) is 0 Å². The van der Waals surface area contributed by atoms with Crippen LogP contribution < -0.4 is 5.32 Å². The molecule has 2 unspecified atom stereocenters. The minimum absolute atomic E-state index is 0.559. The van der Waals surface area contributed by atoms with Gasteiger partial charge in [0.15, 0.2) is 0 Å². The van der Waals surface area contributed by atoms with E-state index in [4.69, 9.17) is 4.74 Å². The number of rotatable bonds is 4. The molecule has 0 bridgehead atoms. The maximum atomic E-state index is 5.60. The van der Waals surface area contributed by atoms with E-state index in [2.05, 4.69) is 17.1 Å². The highest BCUT2D eigenvalue weighted by atomic mass is 32.2. The molecule has 0 aromatic heterocycles. The summed E-state index contributed by atoms with van der Waals surface area (Å²) in [6.07, 6.45) is 7.27. The molecular weight excluding hydrogens is 194 g/mol. The second-order valence-electron chi connectivity index (χ2n) is 4.32. The zero-order valence-corrected chi connectivity index (χ0v) is 9.65. The Hall–Kier alpha value is 0.270. The summed E-state index contributed by atoms with van der Waals surface area (Å²) >= 11 is 2.07. The van der Waals surface area contributed by atoms with Crippen molar-refractivity contribution in [3.05, 3.63) is 0 Å². The molecule has 0 aromatic carbocycles. The Morgan fingerprint density at radius 3 is 2.86 bits per heavy atom. The molecule has 2 heterocycles. The van der Waals surface area contributed by atoms with Crippen molar-refractivity contribution in [1.82, 2.24) is 5.32 Å². The summed E-state index contributed by atoms with van der Waals surface area (Å²) in [4.78, 5) is 0. The molecule has 2 nitrogen and oxygen atoms in total. The highest BCUT2D eigenvalue weighted by Gasteiger charge is 2.17. The van der Waals surface area contributed by atoms with Gasteiger partial charge in [-0.05, 0) is 32.2 Å². The number of thioether (sulfide) groups is 1. The topological polar surface area (TPSA) is 21.3 Å². The largest absolute Gasteiger partial charge is 0.377 e. The summed E-state index contributed by atoms with van der Waals surface area (Å²) < 4.78 is 5.60. The standard InChI is InChI=1S/C11H21NOS/c1-2-6-12-10(4-1)8-14-9-11-5-3-7-13-11/h10-12H,1-9H2. The SMILES string of the molecule is C1CCC(CSCC2CCCO2)NC1. The van der Waals surface area contributed by atoms with E-state index in [0.29, 0.717) is 6.10 Å². The van der Waals surface area contributed by atoms with Crippen LogP contribution in [0.2, 0.25) is 0 Å². The maximum Gasteiger partial charge on any atom is 0.0666 e. The number of ether oxygens (including phenoxy) is 1. The molecular formula is C11H21NOS. The van der Waals surface area contributed by atoms with E-state index < -0.39 is 0 Å². The van der Waals surface area contributed by atoms with Crippen molar-refractivity contribution >= 4 is 11.8 Å². The van der Waals surface area contributed by atoms with Crippen LogP contribution in [-0.4, -0.2) is 36.8 Å². The third-order valence-electron chi connectivity index (χ3n) is 3.06. The van der Waals surface area contributed by atoms with Crippen molar-refractivity contribution in [2.24, 2.45) is 0 Å². The monoisotopic (exact) mass is 215 g/mol. The van der Waals surface area contributed by atoms with E-state index in [1.54, 1.807) is 0 Å². The number of piperidine rings is 1. The molecule has 1 N–H and O–H groups in total. The number of hydrogen-bond acceptors (Lipinski definition) is 3. The lowest BCUT2D eigenvalue weighted by molar-refractivity contribution is 0.129. The van der Waals surface area contributed by atoms with Gasteiger partial charge in [0.25, 0.3) is 0 Å². The number of hydrogen-bond donors (Lipinski definition) is 1. The fourth-order valence-corrected chi connectivity index (χ4v) is 3.41. The van der Waals surface area contributed by atoms with E-state index in [0.717, 1.165) is 12.6 Å². The van der Waals surface area contributed by atoms with Crippen LogP contribution in [-0.2, 0) is 4.74 Å². The molecule has 3 heteroatoms. The van der Waals surface area contributed by atoms with Crippen LogP contribution in [0, 0.1) is 0 Å². The van der Waals surface area contributed by atoms with Crippen LogP contribution >= 0.6 is 11.8 Å². The predicted molar refractivity (Wildman–Crippen MR) is 61.9 cm³/mol. The minimum Gasteiger partial charge on any atom is -0.377 e. The lowest BCUT2D eigenvalue weighted by atomic mass is 10.1. The predicted octanol–water partition coefficient (Wildman–Crippen LogP) is 2.04. The van der Waals surface area contributed by atoms with Gasteiger partial charge < -0.3 is 10.1 Å². The summed E-state index contributed by atoms with van der Waals surface area (Å²) in [7, 11) is 0. The zero-order valence-electron chi connectivity index (χ0n) is 8.84. The first-order valence-corrected chi connectivity index (χ1v) is 7.03. The summed E-state index contributed by atoms with van der Waals surface area (Å²) in [5.74, 6) is 2.48. The molecule has 0 saturated carbocycles. The van der Waals surface area contributed by atoms with Crippen LogP contribution in [0.25, 0.3) is 0 Å².